The highest BCUT2D eigenvalue weighted by Gasteiger charge is 2.14. The number of H-pyrrole nitrogens is 1. The summed E-state index contributed by atoms with van der Waals surface area (Å²) in [4.78, 5) is 3.57. The Labute approximate surface area is 136 Å². The van der Waals surface area contributed by atoms with E-state index in [1.807, 2.05) is 0 Å². The molecule has 0 aliphatic carbocycles. The third kappa shape index (κ3) is 2.61. The van der Waals surface area contributed by atoms with Crippen molar-refractivity contribution in [2.75, 3.05) is 0 Å². The van der Waals surface area contributed by atoms with Crippen LogP contribution in [-0.2, 0) is 13.0 Å². The van der Waals surface area contributed by atoms with E-state index in [1.165, 1.54) is 33.1 Å². The summed E-state index contributed by atoms with van der Waals surface area (Å²) in [6.45, 7) is 3.26. The monoisotopic (exact) mass is 301 g/mol. The van der Waals surface area contributed by atoms with E-state index in [0.29, 0.717) is 0 Å². The molecule has 0 radical (unpaired) electrons. The van der Waals surface area contributed by atoms with Crippen LogP contribution in [0, 0.1) is 6.92 Å². The summed E-state index contributed by atoms with van der Waals surface area (Å²) in [7, 11) is 0. The predicted octanol–water partition coefficient (Wildman–Crippen LogP) is 4.55. The van der Waals surface area contributed by atoms with Gasteiger partial charge in [0.1, 0.15) is 12.1 Å². The molecule has 4 aromatic rings. The third-order valence-corrected chi connectivity index (χ3v) is 4.67. The number of rotatable bonds is 4. The lowest BCUT2D eigenvalue weighted by Crippen LogP contribution is -2.37. The molecular weight excluding hydrogens is 280 g/mol. The fraction of sp³-hybridized carbons (Fsp3) is 0.190. The molecule has 23 heavy (non-hydrogen) atoms. The molecule has 0 amide bonds. The van der Waals surface area contributed by atoms with Gasteiger partial charge < -0.3 is 4.98 Å². The number of fused-ring (bicyclic) bond motifs is 3. The molecule has 0 bridgehead atoms. The van der Waals surface area contributed by atoms with Gasteiger partial charge in [0, 0.05) is 35.7 Å². The first-order valence-electron chi connectivity index (χ1n) is 8.26. The quantitative estimate of drug-likeness (QED) is 0.534. The highest BCUT2D eigenvalue weighted by atomic mass is 15.0. The summed E-state index contributed by atoms with van der Waals surface area (Å²) in [5.41, 5.74) is 5.20. The molecule has 0 unspecified atom stereocenters. The number of hydrogen-bond acceptors (Lipinski definition) is 0. The minimum absolute atomic E-state index is 1.05. The maximum absolute atomic E-state index is 3.57. The molecule has 114 valence electrons. The normalized spacial score (nSPS) is 11.3. The number of hydrogen-bond donors (Lipinski definition) is 1. The first-order chi connectivity index (χ1) is 11.3. The van der Waals surface area contributed by atoms with Crippen molar-refractivity contribution >= 4 is 21.8 Å². The number of nitrogens with zero attached hydrogens (tertiary/aromatic N) is 1. The number of para-hydroxylation sites is 1. The fourth-order valence-corrected chi connectivity index (χ4v) is 3.38. The molecule has 0 saturated carbocycles. The Bertz CT molecular complexity index is 952. The van der Waals surface area contributed by atoms with Crippen LogP contribution in [0.3, 0.4) is 0 Å². The van der Waals surface area contributed by atoms with Crippen LogP contribution in [-0.4, -0.2) is 4.98 Å². The van der Waals surface area contributed by atoms with Crippen molar-refractivity contribution in [3.05, 3.63) is 78.1 Å². The van der Waals surface area contributed by atoms with Gasteiger partial charge in [-0.1, -0.05) is 48.5 Å². The van der Waals surface area contributed by atoms with Crippen LogP contribution >= 0.6 is 0 Å². The van der Waals surface area contributed by atoms with Gasteiger partial charge in [0.2, 0.25) is 5.69 Å². The molecule has 2 heterocycles. The van der Waals surface area contributed by atoms with E-state index in [1.54, 1.807) is 0 Å². The summed E-state index contributed by atoms with van der Waals surface area (Å²) in [6.07, 6.45) is 4.50. The van der Waals surface area contributed by atoms with Gasteiger partial charge in [-0.2, -0.15) is 0 Å². The molecular formula is C21H21N2+. The van der Waals surface area contributed by atoms with E-state index in [2.05, 4.69) is 83.3 Å². The molecule has 0 aliphatic heterocycles. The van der Waals surface area contributed by atoms with Crippen LogP contribution in [0.5, 0.6) is 0 Å². The van der Waals surface area contributed by atoms with Gasteiger partial charge in [0.05, 0.1) is 0 Å². The molecule has 0 atom stereocenters. The lowest BCUT2D eigenvalue weighted by molar-refractivity contribution is -0.701. The van der Waals surface area contributed by atoms with E-state index in [-0.39, 0.29) is 0 Å². The zero-order chi connectivity index (χ0) is 15.6. The molecule has 2 aromatic carbocycles. The summed E-state index contributed by atoms with van der Waals surface area (Å²) in [5.74, 6) is 0. The number of aryl methyl sites for hydroxylation is 3. The molecule has 1 N–H and O–H groups in total. The summed E-state index contributed by atoms with van der Waals surface area (Å²) in [5, 5.41) is 2.62. The molecule has 2 nitrogen and oxygen atoms in total. The first-order valence-corrected chi connectivity index (χ1v) is 8.26. The van der Waals surface area contributed by atoms with Crippen molar-refractivity contribution in [2.24, 2.45) is 0 Å². The number of aromatic nitrogens is 2. The average Bonchev–Trinajstić information content (AvgIpc) is 2.97. The van der Waals surface area contributed by atoms with Crippen molar-refractivity contribution in [3.63, 3.8) is 0 Å². The number of benzene rings is 2. The molecule has 0 saturated heterocycles. The maximum atomic E-state index is 3.57. The Kier molecular flexibility index (Phi) is 3.58. The van der Waals surface area contributed by atoms with Crippen molar-refractivity contribution in [3.8, 4) is 0 Å². The van der Waals surface area contributed by atoms with Crippen LogP contribution in [0.1, 0.15) is 17.7 Å². The molecule has 2 heteroatoms. The maximum Gasteiger partial charge on any atom is 0.202 e. The number of nitrogens with one attached hydrogen (secondary N) is 1. The first kappa shape index (κ1) is 14.0. The minimum atomic E-state index is 1.05. The summed E-state index contributed by atoms with van der Waals surface area (Å²) >= 11 is 0. The lowest BCUT2D eigenvalue weighted by atomic mass is 10.1. The molecule has 4 rings (SSSR count). The summed E-state index contributed by atoms with van der Waals surface area (Å²) in [6, 6.07) is 21.5. The van der Waals surface area contributed by atoms with Crippen LogP contribution in [0.4, 0.5) is 0 Å². The SMILES string of the molecule is Cc1c2[nH]c3ccccc3c2cc[n+]1CCCc1ccccc1. The zero-order valence-corrected chi connectivity index (χ0v) is 13.4. The van der Waals surface area contributed by atoms with Crippen molar-refractivity contribution in [1.82, 2.24) is 4.98 Å². The Hall–Kier alpha value is -2.61. The van der Waals surface area contributed by atoms with Gasteiger partial charge in [0.25, 0.3) is 0 Å². The second-order valence-corrected chi connectivity index (χ2v) is 6.14. The number of aromatic amines is 1. The lowest BCUT2D eigenvalue weighted by Gasteiger charge is -2.03. The van der Waals surface area contributed by atoms with Crippen LogP contribution in [0.2, 0.25) is 0 Å². The Morgan fingerprint density at radius 2 is 1.65 bits per heavy atom. The van der Waals surface area contributed by atoms with E-state index in [4.69, 9.17) is 0 Å². The standard InChI is InChI=1S/C21H20N2/c1-16-21-19(18-11-5-6-12-20(18)22-21)13-15-23(16)14-7-10-17-8-3-2-4-9-17/h2-6,8-9,11-13,15H,7,10,14H2,1H3/p+1. The molecule has 2 aromatic heterocycles. The van der Waals surface area contributed by atoms with Gasteiger partial charge in [-0.3, -0.25) is 0 Å². The molecule has 0 fully saturated rings. The van der Waals surface area contributed by atoms with Gasteiger partial charge >= 0.3 is 0 Å². The van der Waals surface area contributed by atoms with Crippen LogP contribution in [0.25, 0.3) is 21.8 Å². The Morgan fingerprint density at radius 3 is 2.52 bits per heavy atom. The van der Waals surface area contributed by atoms with Crippen molar-refractivity contribution in [1.29, 1.82) is 0 Å². The second-order valence-electron chi connectivity index (χ2n) is 6.14. The van der Waals surface area contributed by atoms with Gasteiger partial charge in [-0.25, -0.2) is 4.57 Å². The van der Waals surface area contributed by atoms with Gasteiger partial charge in [-0.15, -0.1) is 0 Å². The van der Waals surface area contributed by atoms with Crippen LogP contribution in [0.15, 0.2) is 66.9 Å². The van der Waals surface area contributed by atoms with E-state index >= 15 is 0 Å². The highest BCUT2D eigenvalue weighted by Crippen LogP contribution is 2.25. The molecule has 0 spiro atoms. The van der Waals surface area contributed by atoms with Gasteiger partial charge in [-0.05, 0) is 18.1 Å². The third-order valence-electron chi connectivity index (χ3n) is 4.67. The smallest absolute Gasteiger partial charge is 0.202 e. The summed E-state index contributed by atoms with van der Waals surface area (Å²) < 4.78 is 2.36. The highest BCUT2D eigenvalue weighted by molar-refractivity contribution is 6.07. The zero-order valence-electron chi connectivity index (χ0n) is 13.4. The predicted molar refractivity (Wildman–Crippen MR) is 95.5 cm³/mol. The van der Waals surface area contributed by atoms with E-state index < -0.39 is 0 Å². The van der Waals surface area contributed by atoms with Crippen molar-refractivity contribution in [2.45, 2.75) is 26.3 Å². The van der Waals surface area contributed by atoms with E-state index in [0.717, 1.165) is 19.4 Å². The molecule has 0 aliphatic rings. The van der Waals surface area contributed by atoms with Gasteiger partial charge in [0.15, 0.2) is 6.20 Å². The fourth-order valence-electron chi connectivity index (χ4n) is 3.38. The topological polar surface area (TPSA) is 19.7 Å². The van der Waals surface area contributed by atoms with Crippen molar-refractivity contribution < 1.29 is 4.57 Å². The Balaban J connectivity index is 1.60. The average molecular weight is 301 g/mol. The van der Waals surface area contributed by atoms with Crippen LogP contribution < -0.4 is 4.57 Å². The number of pyridine rings is 1. The second kappa shape index (κ2) is 5.88. The van der Waals surface area contributed by atoms with E-state index in [9.17, 15) is 0 Å². The minimum Gasteiger partial charge on any atom is -0.349 e. The Morgan fingerprint density at radius 1 is 0.870 bits per heavy atom. The largest absolute Gasteiger partial charge is 0.349 e.